The van der Waals surface area contributed by atoms with Gasteiger partial charge in [0.05, 0.1) is 31.2 Å². The Morgan fingerprint density at radius 1 is 1.17 bits per heavy atom. The van der Waals surface area contributed by atoms with Crippen LogP contribution in [0.25, 0.3) is 0 Å². The maximum Gasteiger partial charge on any atom is 0.311 e. The molecule has 1 aliphatic carbocycles. The topological polar surface area (TPSA) is 62.2 Å². The van der Waals surface area contributed by atoms with Gasteiger partial charge in [-0.2, -0.15) is 0 Å². The molecule has 5 unspecified atom stereocenters. The molecule has 1 saturated carbocycles. The van der Waals surface area contributed by atoms with Gasteiger partial charge in [0.25, 0.3) is 0 Å². The third-order valence-electron chi connectivity index (χ3n) is 6.25. The first-order chi connectivity index (χ1) is 14.5. The third kappa shape index (κ3) is 2.94. The first-order valence-corrected chi connectivity index (χ1v) is 10.3. The van der Waals surface area contributed by atoms with Gasteiger partial charge in [0, 0.05) is 12.2 Å². The van der Waals surface area contributed by atoms with E-state index in [2.05, 4.69) is 0 Å². The molecule has 8 heteroatoms. The quantitative estimate of drug-likeness (QED) is 0.593. The smallest absolute Gasteiger partial charge is 0.311 e. The predicted molar refractivity (Wildman–Crippen MR) is 112 cm³/mol. The number of benzene rings is 2. The molecule has 2 aromatic rings. The van der Waals surface area contributed by atoms with Gasteiger partial charge in [-0.15, -0.1) is 0 Å². The van der Waals surface area contributed by atoms with Crippen molar-refractivity contribution >= 4 is 29.0 Å². The van der Waals surface area contributed by atoms with Crippen molar-refractivity contribution in [1.82, 2.24) is 4.90 Å². The lowest BCUT2D eigenvalue weighted by atomic mass is 9.74. The lowest BCUT2D eigenvalue weighted by Gasteiger charge is -2.49. The zero-order valence-corrected chi connectivity index (χ0v) is 17.1. The van der Waals surface area contributed by atoms with Crippen molar-refractivity contribution in [3.05, 3.63) is 59.9 Å². The fourth-order valence-corrected chi connectivity index (χ4v) is 5.29. The van der Waals surface area contributed by atoms with Gasteiger partial charge in [-0.25, -0.2) is 4.39 Å². The van der Waals surface area contributed by atoms with E-state index in [-0.39, 0.29) is 23.9 Å². The number of ether oxygens (including phenoxy) is 2. The second kappa shape index (κ2) is 7.21. The van der Waals surface area contributed by atoms with Crippen LogP contribution < -0.4 is 9.64 Å². The maximum absolute atomic E-state index is 13.4. The van der Waals surface area contributed by atoms with Gasteiger partial charge in [-0.1, -0.05) is 12.1 Å². The SMILES string of the molecule is COc1ccc(N2C(=S)N(Cc3ccc(F)cc3)C3C4OC(=O)C(CC4O)C32)cc1. The van der Waals surface area contributed by atoms with Crippen LogP contribution in [0.5, 0.6) is 5.75 Å². The van der Waals surface area contributed by atoms with Gasteiger partial charge in [0.15, 0.2) is 5.11 Å². The Labute approximate surface area is 178 Å². The van der Waals surface area contributed by atoms with Crippen molar-refractivity contribution in [2.75, 3.05) is 12.0 Å². The van der Waals surface area contributed by atoms with Crippen molar-refractivity contribution in [2.24, 2.45) is 5.92 Å². The van der Waals surface area contributed by atoms with E-state index in [9.17, 15) is 14.3 Å². The molecule has 30 heavy (non-hydrogen) atoms. The number of thiocarbonyl (C=S) groups is 1. The molecule has 4 aliphatic rings. The number of methoxy groups -OCH3 is 1. The molecule has 5 atom stereocenters. The average molecular weight is 428 g/mol. The molecule has 2 bridgehead atoms. The van der Waals surface area contributed by atoms with Crippen molar-refractivity contribution in [3.8, 4) is 5.75 Å². The Hall–Kier alpha value is -2.71. The van der Waals surface area contributed by atoms with E-state index in [0.29, 0.717) is 18.1 Å². The molecule has 3 aliphatic heterocycles. The van der Waals surface area contributed by atoms with E-state index >= 15 is 0 Å². The van der Waals surface area contributed by atoms with Gasteiger partial charge in [0.1, 0.15) is 17.7 Å². The van der Waals surface area contributed by atoms with Gasteiger partial charge in [-0.3, -0.25) is 4.79 Å². The summed E-state index contributed by atoms with van der Waals surface area (Å²) in [5.41, 5.74) is 1.74. The van der Waals surface area contributed by atoms with Crippen LogP contribution in [0.3, 0.4) is 0 Å². The summed E-state index contributed by atoms with van der Waals surface area (Å²) in [4.78, 5) is 16.5. The van der Waals surface area contributed by atoms with Crippen LogP contribution in [0.4, 0.5) is 10.1 Å². The molecule has 6 nitrogen and oxygen atoms in total. The molecule has 0 amide bonds. The van der Waals surface area contributed by atoms with Crippen LogP contribution in [0.15, 0.2) is 48.5 Å². The molecule has 1 N–H and O–H groups in total. The number of aliphatic hydroxyl groups is 1. The number of carbonyl (C=O) groups excluding carboxylic acids is 1. The van der Waals surface area contributed by atoms with Crippen LogP contribution >= 0.6 is 12.2 Å². The summed E-state index contributed by atoms with van der Waals surface area (Å²) in [6, 6.07) is 13.3. The number of hydrogen-bond acceptors (Lipinski definition) is 5. The maximum atomic E-state index is 13.4. The number of hydrogen-bond donors (Lipinski definition) is 1. The molecule has 0 radical (unpaired) electrons. The van der Waals surface area contributed by atoms with E-state index in [1.54, 1.807) is 19.2 Å². The van der Waals surface area contributed by atoms with Crippen LogP contribution in [0.2, 0.25) is 0 Å². The molecular weight excluding hydrogens is 407 g/mol. The van der Waals surface area contributed by atoms with Crippen LogP contribution in [-0.4, -0.2) is 52.5 Å². The van der Waals surface area contributed by atoms with E-state index in [0.717, 1.165) is 17.0 Å². The van der Waals surface area contributed by atoms with Crippen LogP contribution in [0, 0.1) is 11.7 Å². The third-order valence-corrected chi connectivity index (χ3v) is 6.69. The summed E-state index contributed by atoms with van der Waals surface area (Å²) in [6.07, 6.45) is -1.04. The van der Waals surface area contributed by atoms with Crippen molar-refractivity contribution < 1.29 is 23.8 Å². The van der Waals surface area contributed by atoms with Gasteiger partial charge in [-0.05, 0) is 60.6 Å². The molecule has 0 spiro atoms. The number of fused-ring (bicyclic) bond motifs is 2. The van der Waals surface area contributed by atoms with E-state index in [1.165, 1.54) is 12.1 Å². The second-order valence-electron chi connectivity index (χ2n) is 7.90. The molecule has 4 fully saturated rings. The monoisotopic (exact) mass is 428 g/mol. The Balaban J connectivity index is 1.55. The summed E-state index contributed by atoms with van der Waals surface area (Å²) in [6.45, 7) is 0.431. The summed E-state index contributed by atoms with van der Waals surface area (Å²) < 4.78 is 24.2. The molecule has 6 rings (SSSR count). The minimum Gasteiger partial charge on any atom is -0.497 e. The summed E-state index contributed by atoms with van der Waals surface area (Å²) >= 11 is 5.85. The molecule has 156 valence electrons. The number of anilines is 1. The number of esters is 1. The van der Waals surface area contributed by atoms with E-state index in [1.807, 2.05) is 34.1 Å². The fraction of sp³-hybridized carbons (Fsp3) is 0.364. The standard InChI is InChI=1S/C22H21FN2O4S/c1-28-15-8-6-14(7-9-15)25-18-16-10-17(26)20(29-21(16)27)19(18)24(22(25)30)11-12-2-4-13(23)5-3-12/h2-9,16-20,26H,10-11H2,1H3. The van der Waals surface area contributed by atoms with Crippen LogP contribution in [-0.2, 0) is 16.1 Å². The van der Waals surface area contributed by atoms with Crippen LogP contribution in [0.1, 0.15) is 12.0 Å². The Morgan fingerprint density at radius 3 is 2.53 bits per heavy atom. The van der Waals surface area contributed by atoms with E-state index < -0.39 is 18.1 Å². The van der Waals surface area contributed by atoms with Crippen molar-refractivity contribution in [3.63, 3.8) is 0 Å². The summed E-state index contributed by atoms with van der Waals surface area (Å²) in [5, 5.41) is 11.1. The molecule has 3 heterocycles. The summed E-state index contributed by atoms with van der Waals surface area (Å²) in [7, 11) is 1.60. The first kappa shape index (κ1) is 19.3. The molecule has 2 aromatic carbocycles. The van der Waals surface area contributed by atoms with Gasteiger partial charge < -0.3 is 24.4 Å². The number of nitrogens with zero attached hydrogens (tertiary/aromatic N) is 2. The molecule has 0 aromatic heterocycles. The summed E-state index contributed by atoms with van der Waals surface area (Å²) in [5.74, 6) is -0.352. The number of halogens is 1. The van der Waals surface area contributed by atoms with Crippen molar-refractivity contribution in [1.29, 1.82) is 0 Å². The normalized spacial score (nSPS) is 29.8. The minimum absolute atomic E-state index is 0.235. The minimum atomic E-state index is -0.733. The zero-order valence-electron chi connectivity index (χ0n) is 16.3. The highest BCUT2D eigenvalue weighted by Crippen LogP contribution is 2.46. The molecule has 3 saturated heterocycles. The lowest BCUT2D eigenvalue weighted by Crippen LogP contribution is -2.66. The number of carbonyl (C=O) groups is 1. The van der Waals surface area contributed by atoms with Gasteiger partial charge >= 0.3 is 5.97 Å². The Kier molecular flexibility index (Phi) is 4.63. The Morgan fingerprint density at radius 2 is 1.87 bits per heavy atom. The van der Waals surface area contributed by atoms with Crippen molar-refractivity contribution in [2.45, 2.75) is 37.3 Å². The number of rotatable bonds is 4. The predicted octanol–water partition coefficient (Wildman–Crippen LogP) is 2.48. The van der Waals surface area contributed by atoms with Gasteiger partial charge in [0.2, 0.25) is 0 Å². The largest absolute Gasteiger partial charge is 0.497 e. The van der Waals surface area contributed by atoms with E-state index in [4.69, 9.17) is 21.7 Å². The average Bonchev–Trinajstić information content (AvgIpc) is 3.04. The highest BCUT2D eigenvalue weighted by atomic mass is 32.1. The molecular formula is C22H21FN2O4S. The fourth-order valence-electron chi connectivity index (χ4n) is 4.87. The lowest BCUT2D eigenvalue weighted by molar-refractivity contribution is -0.194. The number of aliphatic hydroxyl groups excluding tert-OH is 1. The highest BCUT2D eigenvalue weighted by Gasteiger charge is 2.62. The zero-order chi connectivity index (χ0) is 21.0. The Bertz CT molecular complexity index is 984. The highest BCUT2D eigenvalue weighted by molar-refractivity contribution is 7.80. The second-order valence-corrected chi connectivity index (χ2v) is 8.26. The first-order valence-electron chi connectivity index (χ1n) is 9.85.